The van der Waals surface area contributed by atoms with Gasteiger partial charge < -0.3 is 36.4 Å². The van der Waals surface area contributed by atoms with Crippen molar-refractivity contribution in [2.24, 2.45) is 21.7 Å². The third-order valence-electron chi connectivity index (χ3n) is 4.65. The zero-order chi connectivity index (χ0) is 33.6. The number of rotatable bonds is 0. The third-order valence-corrected chi connectivity index (χ3v) is 4.65. The summed E-state index contributed by atoms with van der Waals surface area (Å²) in [7, 11) is 0. The van der Waals surface area contributed by atoms with Crippen LogP contribution in [0.15, 0.2) is 24.4 Å². The molecule has 0 unspecified atom stereocenters. The molecule has 0 radical (unpaired) electrons. The Hall–Kier alpha value is 1.43. The van der Waals surface area contributed by atoms with Crippen LogP contribution < -0.4 is 95.9 Å². The number of hydrogen-bond acceptors (Lipinski definition) is 4. The Balaban J connectivity index is -0.0000000602. The van der Waals surface area contributed by atoms with Crippen LogP contribution in [0.2, 0.25) is 0 Å². The normalized spacial score (nSPS) is 14.8. The maximum atomic E-state index is 9.95. The van der Waals surface area contributed by atoms with Gasteiger partial charge in [0.1, 0.15) is 0 Å². The maximum absolute atomic E-state index is 9.95. The van der Waals surface area contributed by atoms with Gasteiger partial charge in [0, 0.05) is 0 Å². The average Bonchev–Trinajstić information content (AvgIpc) is 2.96. The van der Waals surface area contributed by atoms with Gasteiger partial charge in [-0.3, -0.25) is 0 Å². The zero-order valence-electron chi connectivity index (χ0n) is 33.9. The molecule has 3 heterocycles. The molecule has 0 aromatic carbocycles. The molecule has 0 atom stereocenters. The Labute approximate surface area is 336 Å². The summed E-state index contributed by atoms with van der Waals surface area (Å²) in [6, 6.07) is 0. The summed E-state index contributed by atoms with van der Waals surface area (Å²) in [5.74, 6) is 0. The van der Waals surface area contributed by atoms with Crippen LogP contribution in [-0.4, -0.2) is 59.2 Å². The number of hydrogen-bond donors (Lipinski definition) is 0. The molecule has 256 valence electrons. The molecule has 7 nitrogen and oxygen atoms in total. The standard InChI is InChI=1S/2C5H10N.C5H6N.4C5H11O.4Li/c3*1-2-4-6-5-3-1;4*1-5(2,3)4-6;;;;/h2*1-5H2;1-4H,5H2;4*4H2,1-3H3;;;;/q7*-1;4*+1. The molecule has 3 aliphatic heterocycles. The first-order valence-corrected chi connectivity index (χ1v) is 15.8. The molecule has 3 aliphatic rings. The van der Waals surface area contributed by atoms with Gasteiger partial charge in [0.15, 0.2) is 0 Å². The van der Waals surface area contributed by atoms with E-state index in [-0.39, 0.29) is 124 Å². The average molecular weight is 625 g/mol. The van der Waals surface area contributed by atoms with E-state index in [1.54, 1.807) is 6.20 Å². The third kappa shape index (κ3) is 90.8. The topological polar surface area (TPSA) is 135 Å². The van der Waals surface area contributed by atoms with Crippen molar-refractivity contribution in [1.82, 2.24) is 0 Å². The number of allylic oxidation sites excluding steroid dienone is 2. The van der Waals surface area contributed by atoms with E-state index in [0.717, 1.165) is 32.7 Å². The van der Waals surface area contributed by atoms with Crippen LogP contribution in [0.5, 0.6) is 0 Å². The Morgan fingerprint density at radius 3 is 0.717 bits per heavy atom. The van der Waals surface area contributed by atoms with Gasteiger partial charge in [-0.05, 0) is 0 Å². The second-order valence-electron chi connectivity index (χ2n) is 15.4. The summed E-state index contributed by atoms with van der Waals surface area (Å²) < 4.78 is 0. The van der Waals surface area contributed by atoms with Crippen LogP contribution >= 0.6 is 0 Å². The van der Waals surface area contributed by atoms with Crippen LogP contribution in [0, 0.1) is 21.7 Å². The van der Waals surface area contributed by atoms with Crippen molar-refractivity contribution in [3.05, 3.63) is 40.4 Å². The summed E-state index contributed by atoms with van der Waals surface area (Å²) >= 11 is 0. The SMILES string of the molecule is C1=CC[N-]C=C1.C1CC[N-]CC1.C1CC[N-]CC1.CC(C)(C)C[O-].CC(C)(C)C[O-].CC(C)(C)C[O-].CC(C)(C)C[O-].[Li+].[Li+].[Li+].[Li+]. The van der Waals surface area contributed by atoms with Crippen LogP contribution in [0.25, 0.3) is 16.0 Å². The zero-order valence-corrected chi connectivity index (χ0v) is 33.9. The van der Waals surface area contributed by atoms with Crippen molar-refractivity contribution in [3.8, 4) is 0 Å². The van der Waals surface area contributed by atoms with Gasteiger partial charge in [-0.1, -0.05) is 155 Å². The molecule has 11 heteroatoms. The van der Waals surface area contributed by atoms with E-state index in [0.29, 0.717) is 0 Å². The minimum atomic E-state index is -0.0139. The Morgan fingerprint density at radius 2 is 0.674 bits per heavy atom. The van der Waals surface area contributed by atoms with Crippen LogP contribution in [0.1, 0.15) is 122 Å². The van der Waals surface area contributed by atoms with Crippen LogP contribution in [0.3, 0.4) is 0 Å². The molecule has 0 N–H and O–H groups in total. The molecule has 0 amide bonds. The van der Waals surface area contributed by atoms with Crippen molar-refractivity contribution < 1.29 is 95.9 Å². The summed E-state index contributed by atoms with van der Waals surface area (Å²) in [5, 5.41) is 52.1. The van der Waals surface area contributed by atoms with E-state index in [4.69, 9.17) is 0 Å². The Bertz CT molecular complexity index is 490. The molecule has 2 fully saturated rings. The minimum Gasteiger partial charge on any atom is -0.854 e. The van der Waals surface area contributed by atoms with Crippen LogP contribution in [0.4, 0.5) is 0 Å². The summed E-state index contributed by atoms with van der Waals surface area (Å²) in [4.78, 5) is 0. The fourth-order valence-corrected chi connectivity index (χ4v) is 1.84. The van der Waals surface area contributed by atoms with E-state index >= 15 is 0 Å². The van der Waals surface area contributed by atoms with Gasteiger partial charge in [0.05, 0.1) is 0 Å². The molecule has 0 bridgehead atoms. The number of nitrogens with zero attached hydrogens (tertiary/aromatic N) is 3. The first-order valence-electron chi connectivity index (χ1n) is 15.8. The van der Waals surface area contributed by atoms with Gasteiger partial charge in [-0.25, -0.2) is 0 Å². The first-order chi connectivity index (χ1) is 19.2. The first kappa shape index (κ1) is 65.8. The minimum absolute atomic E-state index is 0. The van der Waals surface area contributed by atoms with Gasteiger partial charge in [-0.2, -0.15) is 6.20 Å². The van der Waals surface area contributed by atoms with Crippen molar-refractivity contribution in [3.63, 3.8) is 0 Å². The molecular formula is C35H70Li4N3O4-3. The van der Waals surface area contributed by atoms with Gasteiger partial charge in [0.2, 0.25) is 0 Å². The fourth-order valence-electron chi connectivity index (χ4n) is 1.84. The molecule has 0 aromatic heterocycles. The van der Waals surface area contributed by atoms with E-state index < -0.39 is 0 Å². The van der Waals surface area contributed by atoms with E-state index in [2.05, 4.69) is 16.0 Å². The second kappa shape index (κ2) is 42.6. The maximum Gasteiger partial charge on any atom is 1.00 e. The Morgan fingerprint density at radius 1 is 0.435 bits per heavy atom. The fraction of sp³-hybridized carbons (Fsp3) is 0.886. The smallest absolute Gasteiger partial charge is 0.854 e. The Kier molecular flexibility index (Phi) is 60.9. The summed E-state index contributed by atoms with van der Waals surface area (Å²) in [6.45, 7) is 28.6. The van der Waals surface area contributed by atoms with E-state index in [1.165, 1.54) is 38.5 Å². The molecule has 3 rings (SSSR count). The van der Waals surface area contributed by atoms with Gasteiger partial charge in [-0.15, -0.1) is 65.2 Å². The molecule has 0 saturated carbocycles. The number of piperidine rings is 2. The monoisotopic (exact) mass is 625 g/mol. The summed E-state index contributed by atoms with van der Waals surface area (Å²) in [5.41, 5.74) is -0.0556. The predicted molar refractivity (Wildman–Crippen MR) is 178 cm³/mol. The second-order valence-corrected chi connectivity index (χ2v) is 15.4. The predicted octanol–water partition coefficient (Wildman–Crippen LogP) is -5.88. The molecule has 2 saturated heterocycles. The van der Waals surface area contributed by atoms with Crippen molar-refractivity contribution >= 4 is 0 Å². The van der Waals surface area contributed by atoms with E-state index in [9.17, 15) is 20.4 Å². The van der Waals surface area contributed by atoms with Crippen molar-refractivity contribution in [2.45, 2.75) is 122 Å². The quantitative estimate of drug-likeness (QED) is 0.248. The van der Waals surface area contributed by atoms with Gasteiger partial charge in [0.25, 0.3) is 0 Å². The summed E-state index contributed by atoms with van der Waals surface area (Å²) in [6.07, 6.45) is 15.9. The molecule has 0 spiro atoms. The van der Waals surface area contributed by atoms with Crippen molar-refractivity contribution in [1.29, 1.82) is 0 Å². The largest absolute Gasteiger partial charge is 1.00 e. The molecule has 46 heavy (non-hydrogen) atoms. The molecule has 0 aromatic rings. The molecule has 0 aliphatic carbocycles. The van der Waals surface area contributed by atoms with Crippen LogP contribution in [-0.2, 0) is 0 Å². The van der Waals surface area contributed by atoms with E-state index in [1.807, 2.05) is 101 Å². The van der Waals surface area contributed by atoms with Gasteiger partial charge >= 0.3 is 75.4 Å². The molecular weight excluding hydrogens is 554 g/mol. The van der Waals surface area contributed by atoms with Crippen molar-refractivity contribution in [2.75, 3.05) is 59.2 Å².